The highest BCUT2D eigenvalue weighted by Crippen LogP contribution is 2.52. The van der Waals surface area contributed by atoms with Crippen LogP contribution in [-0.2, 0) is 10.3 Å². The quantitative estimate of drug-likeness (QED) is 0.477. The summed E-state index contributed by atoms with van der Waals surface area (Å²) >= 11 is 27.7. The molecule has 0 unspecified atom stereocenters. The summed E-state index contributed by atoms with van der Waals surface area (Å²) < 4.78 is 60.2. The average molecular weight is 482 g/mol. The molecule has 0 aliphatic heterocycles. The van der Waals surface area contributed by atoms with Crippen LogP contribution in [-0.4, -0.2) is 45.5 Å². The predicted molar refractivity (Wildman–Crippen MR) is 79.9 cm³/mol. The maximum atomic E-state index is 13.8. The van der Waals surface area contributed by atoms with E-state index in [1.54, 1.807) is 0 Å². The number of aromatic nitrogens is 6. The van der Waals surface area contributed by atoms with Crippen LogP contribution in [0.25, 0.3) is 0 Å². The molecule has 17 heteroatoms. The van der Waals surface area contributed by atoms with Crippen LogP contribution in [0.4, 0.5) is 26.7 Å². The SMILES string of the molecule is O=C(n1cncn1)n1nc(C(Cl)(Cl)C(Cl)(Cl)Cl)nc1C(F)(F)C(F)(F)F. The second-order valence-electron chi connectivity index (χ2n) is 4.44. The van der Waals surface area contributed by atoms with Crippen molar-refractivity contribution in [1.82, 2.24) is 29.5 Å². The van der Waals surface area contributed by atoms with Gasteiger partial charge >= 0.3 is 18.1 Å². The maximum absolute atomic E-state index is 13.8. The molecule has 2 aromatic heterocycles. The van der Waals surface area contributed by atoms with Gasteiger partial charge in [0.05, 0.1) is 0 Å². The summed E-state index contributed by atoms with van der Waals surface area (Å²) in [6, 6.07) is -1.60. The normalized spacial score (nSPS) is 13.9. The summed E-state index contributed by atoms with van der Waals surface area (Å²) in [7, 11) is 0. The van der Waals surface area contributed by atoms with Gasteiger partial charge in [0.25, 0.3) is 0 Å². The highest BCUT2D eigenvalue weighted by Gasteiger charge is 2.63. The van der Waals surface area contributed by atoms with Gasteiger partial charge in [-0.25, -0.2) is 14.8 Å². The molecular weight excluding hydrogens is 480 g/mol. The number of hydrogen-bond acceptors (Lipinski definition) is 5. The zero-order chi connectivity index (χ0) is 20.1. The second-order valence-corrected chi connectivity index (χ2v) is 8.05. The topological polar surface area (TPSA) is 78.5 Å². The van der Waals surface area contributed by atoms with Crippen LogP contribution < -0.4 is 0 Å². The fourth-order valence-corrected chi connectivity index (χ4v) is 1.85. The van der Waals surface area contributed by atoms with Crippen molar-refractivity contribution in [3.05, 3.63) is 24.3 Å². The Balaban J connectivity index is 2.72. The number of halogens is 10. The first kappa shape index (κ1) is 21.4. The molecule has 0 aliphatic carbocycles. The molecule has 0 saturated carbocycles. The third-order valence-corrected chi connectivity index (χ3v) is 5.01. The van der Waals surface area contributed by atoms with Crippen molar-refractivity contribution in [1.29, 1.82) is 0 Å². The third-order valence-electron chi connectivity index (χ3n) is 2.68. The first-order chi connectivity index (χ1) is 11.6. The molecule has 0 saturated heterocycles. The standard InChI is InChI=1S/C9H2Cl5F5N6O/c10-6(11,8(12,13)14)3-22-4(7(15,16)9(17,18)19)25(23-3)5(26)24-2-20-1-21-24/h1-2H. The van der Waals surface area contributed by atoms with E-state index in [-0.39, 0.29) is 0 Å². The Morgan fingerprint density at radius 3 is 2.04 bits per heavy atom. The largest absolute Gasteiger partial charge is 0.461 e. The van der Waals surface area contributed by atoms with E-state index >= 15 is 0 Å². The minimum absolute atomic E-state index is 0.299. The molecule has 2 aromatic rings. The average Bonchev–Trinajstić information content (AvgIpc) is 3.14. The molecule has 0 atom stereocenters. The molecule has 26 heavy (non-hydrogen) atoms. The molecular formula is C9H2Cl5F5N6O. The second kappa shape index (κ2) is 6.59. The van der Waals surface area contributed by atoms with Crippen molar-refractivity contribution < 1.29 is 26.7 Å². The Morgan fingerprint density at radius 1 is 1.04 bits per heavy atom. The van der Waals surface area contributed by atoms with Crippen molar-refractivity contribution in [3.8, 4) is 0 Å². The van der Waals surface area contributed by atoms with E-state index in [4.69, 9.17) is 58.0 Å². The van der Waals surface area contributed by atoms with Gasteiger partial charge in [0.15, 0.2) is 5.82 Å². The summed E-state index contributed by atoms with van der Waals surface area (Å²) in [6.07, 6.45) is -4.62. The molecule has 144 valence electrons. The summed E-state index contributed by atoms with van der Waals surface area (Å²) in [6.45, 7) is 0. The zero-order valence-electron chi connectivity index (χ0n) is 11.5. The lowest BCUT2D eigenvalue weighted by atomic mass is 10.3. The lowest BCUT2D eigenvalue weighted by Gasteiger charge is -2.23. The van der Waals surface area contributed by atoms with Crippen molar-refractivity contribution in [2.24, 2.45) is 0 Å². The molecule has 0 fully saturated rings. The highest BCUT2D eigenvalue weighted by atomic mass is 35.6. The fourth-order valence-electron chi connectivity index (χ4n) is 1.44. The maximum Gasteiger partial charge on any atom is 0.461 e. The number of nitrogens with zero attached hydrogens (tertiary/aromatic N) is 6. The number of carbonyl (C=O) groups excluding carboxylic acids is 1. The number of carbonyl (C=O) groups is 1. The highest BCUT2D eigenvalue weighted by molar-refractivity contribution is 6.75. The molecule has 0 amide bonds. The molecule has 0 N–H and O–H groups in total. The van der Waals surface area contributed by atoms with Crippen molar-refractivity contribution in [2.75, 3.05) is 0 Å². The molecule has 0 aromatic carbocycles. The van der Waals surface area contributed by atoms with Crippen LogP contribution in [0.1, 0.15) is 11.6 Å². The summed E-state index contributed by atoms with van der Waals surface area (Å²) in [5.41, 5.74) is 0. The number of alkyl halides is 10. The van der Waals surface area contributed by atoms with Gasteiger partial charge in [0.2, 0.25) is 14.0 Å². The van der Waals surface area contributed by atoms with Gasteiger partial charge in [-0.05, 0) is 0 Å². The van der Waals surface area contributed by atoms with Crippen LogP contribution in [0.15, 0.2) is 12.7 Å². The van der Waals surface area contributed by atoms with Gasteiger partial charge < -0.3 is 0 Å². The van der Waals surface area contributed by atoms with E-state index in [9.17, 15) is 26.7 Å². The first-order valence-corrected chi connectivity index (χ1v) is 7.76. The smallest absolute Gasteiger partial charge is 0.243 e. The van der Waals surface area contributed by atoms with Gasteiger partial charge in [0, 0.05) is 0 Å². The Labute approximate surface area is 164 Å². The van der Waals surface area contributed by atoms with Gasteiger partial charge in [0.1, 0.15) is 12.7 Å². The van der Waals surface area contributed by atoms with E-state index in [2.05, 4.69) is 20.2 Å². The van der Waals surface area contributed by atoms with E-state index in [0.717, 1.165) is 6.33 Å². The van der Waals surface area contributed by atoms with Crippen LogP contribution in [0.2, 0.25) is 0 Å². The van der Waals surface area contributed by atoms with Crippen molar-refractivity contribution in [2.45, 2.75) is 20.2 Å². The van der Waals surface area contributed by atoms with Crippen LogP contribution in [0, 0.1) is 0 Å². The third kappa shape index (κ3) is 3.57. The summed E-state index contributed by atoms with van der Waals surface area (Å²) in [5.74, 6) is -8.99. The molecule has 7 nitrogen and oxygen atoms in total. The van der Waals surface area contributed by atoms with E-state index < -0.39 is 42.6 Å². The Hall–Kier alpha value is -0.950. The minimum atomic E-state index is -6.14. The van der Waals surface area contributed by atoms with Crippen LogP contribution >= 0.6 is 58.0 Å². The van der Waals surface area contributed by atoms with Gasteiger partial charge in [-0.2, -0.15) is 36.4 Å². The monoisotopic (exact) mass is 480 g/mol. The van der Waals surface area contributed by atoms with Crippen LogP contribution in [0.3, 0.4) is 0 Å². The van der Waals surface area contributed by atoms with Crippen molar-refractivity contribution in [3.63, 3.8) is 0 Å². The van der Waals surface area contributed by atoms with E-state index in [1.165, 1.54) is 0 Å². The molecule has 2 heterocycles. The van der Waals surface area contributed by atoms with Gasteiger partial charge in [-0.1, -0.05) is 58.0 Å². The number of rotatable bonds is 2. The summed E-state index contributed by atoms with van der Waals surface area (Å²) in [5, 5.41) is 6.45. The fraction of sp³-hybridized carbons (Fsp3) is 0.444. The predicted octanol–water partition coefficient (Wildman–Crippen LogP) is 4.04. The summed E-state index contributed by atoms with van der Waals surface area (Å²) in [4.78, 5) is 18.4. The molecule has 0 spiro atoms. The molecule has 0 radical (unpaired) electrons. The Bertz CT molecular complexity index is 814. The van der Waals surface area contributed by atoms with Gasteiger partial charge in [-0.3, -0.25) is 0 Å². The Kier molecular flexibility index (Phi) is 5.41. The molecule has 0 aliphatic rings. The lowest BCUT2D eigenvalue weighted by molar-refractivity contribution is -0.293. The zero-order valence-corrected chi connectivity index (χ0v) is 15.3. The van der Waals surface area contributed by atoms with Gasteiger partial charge in [-0.15, -0.1) is 5.10 Å². The molecule has 0 bridgehead atoms. The van der Waals surface area contributed by atoms with E-state index in [1.807, 2.05) is 0 Å². The van der Waals surface area contributed by atoms with Crippen LogP contribution in [0.5, 0.6) is 0 Å². The minimum Gasteiger partial charge on any atom is -0.243 e. The first-order valence-electron chi connectivity index (χ1n) is 5.87. The van der Waals surface area contributed by atoms with Crippen molar-refractivity contribution >= 4 is 64.0 Å². The van der Waals surface area contributed by atoms with E-state index in [0.29, 0.717) is 11.0 Å². The molecule has 2 rings (SSSR count). The number of hydrogen-bond donors (Lipinski definition) is 0. The lowest BCUT2D eigenvalue weighted by Crippen LogP contribution is -2.38. The Morgan fingerprint density at radius 2 is 1.62 bits per heavy atom.